The third-order valence-corrected chi connectivity index (χ3v) is 4.54. The van der Waals surface area contributed by atoms with Gasteiger partial charge in [-0.1, -0.05) is 30.3 Å². The van der Waals surface area contributed by atoms with E-state index in [0.29, 0.717) is 5.69 Å². The maximum absolute atomic E-state index is 10.7. The number of hydrogen-bond donors (Lipinski definition) is 1. The van der Waals surface area contributed by atoms with Gasteiger partial charge in [-0.2, -0.15) is 11.8 Å². The number of thiazole rings is 1. The number of nitrogens with zero attached hydrogens (tertiary/aromatic N) is 1. The largest absolute Gasteiger partial charge is 0.481 e. The van der Waals surface area contributed by atoms with Crippen molar-refractivity contribution in [3.05, 3.63) is 53.6 Å². The first kappa shape index (κ1) is 14.8. The fourth-order valence-corrected chi connectivity index (χ4v) is 3.41. The van der Waals surface area contributed by atoms with Gasteiger partial charge in [0.1, 0.15) is 5.01 Å². The van der Waals surface area contributed by atoms with Crippen molar-refractivity contribution in [1.82, 2.24) is 4.98 Å². The van der Waals surface area contributed by atoms with Crippen molar-refractivity contribution in [3.8, 4) is 10.6 Å². The third-order valence-electron chi connectivity index (χ3n) is 2.63. The molecule has 1 heterocycles. The molecule has 2 aromatic rings. The number of rotatable bonds is 7. The van der Waals surface area contributed by atoms with Gasteiger partial charge in [0.25, 0.3) is 0 Å². The smallest absolute Gasteiger partial charge is 0.309 e. The highest BCUT2D eigenvalue weighted by Gasteiger charge is 2.10. The molecule has 20 heavy (non-hydrogen) atoms. The van der Waals surface area contributed by atoms with Crippen LogP contribution in [0.2, 0.25) is 0 Å². The lowest BCUT2D eigenvalue weighted by Gasteiger charge is -2.06. The monoisotopic (exact) mass is 305 g/mol. The van der Waals surface area contributed by atoms with Crippen LogP contribution in [-0.4, -0.2) is 21.8 Å². The van der Waals surface area contributed by atoms with Crippen molar-refractivity contribution in [2.75, 3.05) is 5.75 Å². The molecule has 0 aliphatic heterocycles. The Kier molecular flexibility index (Phi) is 5.38. The lowest BCUT2D eigenvalue weighted by molar-refractivity contribution is -0.136. The average Bonchev–Trinajstić information content (AvgIpc) is 2.87. The summed E-state index contributed by atoms with van der Waals surface area (Å²) >= 11 is 3.29. The fraction of sp³-hybridized carbons (Fsp3) is 0.200. The van der Waals surface area contributed by atoms with E-state index >= 15 is 0 Å². The predicted octanol–water partition coefficient (Wildman–Crippen LogP) is 3.86. The zero-order valence-electron chi connectivity index (χ0n) is 10.9. The first-order valence-electron chi connectivity index (χ1n) is 6.14. The minimum atomic E-state index is -0.850. The van der Waals surface area contributed by atoms with E-state index in [1.54, 1.807) is 11.8 Å². The van der Waals surface area contributed by atoms with Gasteiger partial charge in [0.15, 0.2) is 0 Å². The molecule has 0 radical (unpaired) electrons. The van der Waals surface area contributed by atoms with Gasteiger partial charge in [-0.15, -0.1) is 17.9 Å². The van der Waals surface area contributed by atoms with Crippen LogP contribution in [-0.2, 0) is 17.0 Å². The number of aromatic nitrogens is 1. The number of aliphatic carboxylic acids is 1. The van der Waals surface area contributed by atoms with Crippen molar-refractivity contribution in [3.63, 3.8) is 0 Å². The Morgan fingerprint density at radius 3 is 3.00 bits per heavy atom. The molecular formula is C15H15NO2S2. The molecule has 0 unspecified atom stereocenters. The van der Waals surface area contributed by atoms with E-state index in [0.717, 1.165) is 22.1 Å². The zero-order chi connectivity index (χ0) is 14.4. The van der Waals surface area contributed by atoms with E-state index in [1.165, 1.54) is 16.9 Å². The Hall–Kier alpha value is -1.59. The fourth-order valence-electron chi connectivity index (χ4n) is 1.77. The van der Waals surface area contributed by atoms with Crippen molar-refractivity contribution in [1.29, 1.82) is 0 Å². The lowest BCUT2D eigenvalue weighted by atomic mass is 10.1. The Morgan fingerprint density at radius 1 is 1.45 bits per heavy atom. The molecule has 0 aliphatic carbocycles. The second-order valence-electron chi connectivity index (χ2n) is 4.18. The van der Waals surface area contributed by atoms with Gasteiger partial charge in [0.05, 0.1) is 12.1 Å². The Balaban J connectivity index is 2.20. The van der Waals surface area contributed by atoms with Crippen LogP contribution in [0.25, 0.3) is 10.6 Å². The van der Waals surface area contributed by atoms with Crippen LogP contribution in [0.4, 0.5) is 0 Å². The Labute approximate surface area is 126 Å². The molecule has 1 aromatic carbocycles. The summed E-state index contributed by atoms with van der Waals surface area (Å²) in [5.74, 6) is 0.962. The highest BCUT2D eigenvalue weighted by Crippen LogP contribution is 2.29. The number of thioether (sulfide) groups is 1. The number of benzene rings is 1. The molecule has 0 saturated heterocycles. The molecule has 3 nitrogen and oxygen atoms in total. The summed E-state index contributed by atoms with van der Waals surface area (Å²) in [5.41, 5.74) is 2.92. The van der Waals surface area contributed by atoms with Crippen molar-refractivity contribution < 1.29 is 9.90 Å². The van der Waals surface area contributed by atoms with Gasteiger partial charge in [0, 0.05) is 22.4 Å². The minimum Gasteiger partial charge on any atom is -0.481 e. The van der Waals surface area contributed by atoms with E-state index in [9.17, 15) is 4.79 Å². The van der Waals surface area contributed by atoms with Gasteiger partial charge in [-0.05, 0) is 5.56 Å². The summed E-state index contributed by atoms with van der Waals surface area (Å²) in [6, 6.07) is 8.12. The minimum absolute atomic E-state index is 0.0239. The van der Waals surface area contributed by atoms with E-state index in [-0.39, 0.29) is 6.42 Å². The summed E-state index contributed by atoms with van der Waals surface area (Å²) in [6.07, 6.45) is 1.87. The normalized spacial score (nSPS) is 10.4. The van der Waals surface area contributed by atoms with Crippen LogP contribution in [0.15, 0.2) is 42.3 Å². The highest BCUT2D eigenvalue weighted by molar-refractivity contribution is 7.98. The SMILES string of the molecule is C=CCSCc1ccccc1-c1nc(CC(=O)O)cs1. The number of carbonyl (C=O) groups is 1. The third kappa shape index (κ3) is 3.95. The van der Waals surface area contributed by atoms with Crippen molar-refractivity contribution in [2.24, 2.45) is 0 Å². The van der Waals surface area contributed by atoms with Gasteiger partial charge in [-0.25, -0.2) is 4.98 Å². The molecular weight excluding hydrogens is 290 g/mol. The highest BCUT2D eigenvalue weighted by atomic mass is 32.2. The maximum atomic E-state index is 10.7. The first-order chi connectivity index (χ1) is 9.70. The standard InChI is InChI=1S/C15H15NO2S2/c1-2-7-19-9-11-5-3-4-6-13(11)15-16-12(10-20-15)8-14(17)18/h2-6,10H,1,7-9H2,(H,17,18). The van der Waals surface area contributed by atoms with Gasteiger partial charge >= 0.3 is 5.97 Å². The lowest BCUT2D eigenvalue weighted by Crippen LogP contribution is -2.00. The van der Waals surface area contributed by atoms with Crippen LogP contribution in [0.3, 0.4) is 0 Å². The molecule has 2 rings (SSSR count). The summed E-state index contributed by atoms with van der Waals surface area (Å²) in [7, 11) is 0. The summed E-state index contributed by atoms with van der Waals surface area (Å²) in [4.78, 5) is 15.1. The first-order valence-corrected chi connectivity index (χ1v) is 8.17. The molecule has 0 fully saturated rings. The van der Waals surface area contributed by atoms with Crippen molar-refractivity contribution in [2.45, 2.75) is 12.2 Å². The Bertz CT molecular complexity index is 607. The average molecular weight is 305 g/mol. The quantitative estimate of drug-likeness (QED) is 0.623. The predicted molar refractivity (Wildman–Crippen MR) is 85.2 cm³/mol. The van der Waals surface area contributed by atoms with E-state index in [1.807, 2.05) is 29.7 Å². The Morgan fingerprint density at radius 2 is 2.25 bits per heavy atom. The zero-order valence-corrected chi connectivity index (χ0v) is 12.5. The van der Waals surface area contributed by atoms with Crippen molar-refractivity contribution >= 4 is 29.1 Å². The molecule has 1 N–H and O–H groups in total. The number of hydrogen-bond acceptors (Lipinski definition) is 4. The summed E-state index contributed by atoms with van der Waals surface area (Å²) < 4.78 is 0. The van der Waals surface area contributed by atoms with E-state index in [4.69, 9.17) is 5.11 Å². The van der Waals surface area contributed by atoms with Gasteiger partial charge < -0.3 is 5.11 Å². The molecule has 0 spiro atoms. The summed E-state index contributed by atoms with van der Waals surface area (Å²) in [6.45, 7) is 3.72. The number of carboxylic acid groups (broad SMARTS) is 1. The summed E-state index contributed by atoms with van der Waals surface area (Å²) in [5, 5.41) is 11.5. The maximum Gasteiger partial charge on any atom is 0.309 e. The molecule has 1 aromatic heterocycles. The van der Waals surface area contributed by atoms with E-state index < -0.39 is 5.97 Å². The van der Waals surface area contributed by atoms with Crippen LogP contribution in [0.1, 0.15) is 11.3 Å². The van der Waals surface area contributed by atoms with Crippen LogP contribution in [0, 0.1) is 0 Å². The molecule has 5 heteroatoms. The second kappa shape index (κ2) is 7.26. The molecule has 0 bridgehead atoms. The van der Waals surface area contributed by atoms with E-state index in [2.05, 4.69) is 17.6 Å². The van der Waals surface area contributed by atoms with Crippen LogP contribution in [0.5, 0.6) is 0 Å². The number of carboxylic acids is 1. The second-order valence-corrected chi connectivity index (χ2v) is 6.06. The topological polar surface area (TPSA) is 50.2 Å². The van der Waals surface area contributed by atoms with Gasteiger partial charge in [-0.3, -0.25) is 4.79 Å². The molecule has 0 amide bonds. The molecule has 0 saturated carbocycles. The van der Waals surface area contributed by atoms with Crippen LogP contribution >= 0.6 is 23.1 Å². The molecule has 0 aliphatic rings. The van der Waals surface area contributed by atoms with Crippen LogP contribution < -0.4 is 0 Å². The molecule has 0 atom stereocenters. The molecule has 104 valence electrons. The van der Waals surface area contributed by atoms with Gasteiger partial charge in [0.2, 0.25) is 0 Å².